The van der Waals surface area contributed by atoms with Crippen molar-refractivity contribution in [3.63, 3.8) is 0 Å². The Kier molecular flexibility index (Phi) is 8.19. The number of hydrogen-bond donors (Lipinski definition) is 1. The van der Waals surface area contributed by atoms with Gasteiger partial charge in [0, 0.05) is 34.2 Å². The first-order valence-corrected chi connectivity index (χ1v) is 11.4. The fourth-order valence-corrected chi connectivity index (χ4v) is 4.20. The van der Waals surface area contributed by atoms with Crippen molar-refractivity contribution in [1.82, 2.24) is 15.1 Å². The van der Waals surface area contributed by atoms with Crippen LogP contribution < -0.4 is 5.32 Å². The van der Waals surface area contributed by atoms with E-state index < -0.39 is 5.97 Å². The average molecular weight is 486 g/mol. The molecule has 0 unspecified atom stereocenters. The first-order valence-electron chi connectivity index (χ1n) is 10.2. The van der Waals surface area contributed by atoms with Gasteiger partial charge in [-0.3, -0.25) is 14.3 Å². The highest BCUT2D eigenvalue weighted by atomic mass is 35.5. The van der Waals surface area contributed by atoms with Crippen LogP contribution in [0.3, 0.4) is 0 Å². The molecule has 2 heterocycles. The molecule has 1 amide bonds. The maximum absolute atomic E-state index is 12.3. The van der Waals surface area contributed by atoms with Gasteiger partial charge in [-0.1, -0.05) is 29.8 Å². The molecule has 0 bridgehead atoms. The molecule has 3 rings (SSSR count). The van der Waals surface area contributed by atoms with Gasteiger partial charge in [0.1, 0.15) is 0 Å². The molecule has 1 N–H and O–H groups in total. The number of rotatable bonds is 9. The van der Waals surface area contributed by atoms with Gasteiger partial charge in [-0.05, 0) is 43.7 Å². The summed E-state index contributed by atoms with van der Waals surface area (Å²) in [5.41, 5.74) is 3.42. The van der Waals surface area contributed by atoms with E-state index in [0.29, 0.717) is 23.0 Å². The van der Waals surface area contributed by atoms with Gasteiger partial charge < -0.3 is 10.1 Å². The van der Waals surface area contributed by atoms with Gasteiger partial charge in [0.05, 0.1) is 23.7 Å². The number of nitrogens with zero attached hydrogens (tertiary/aromatic N) is 2. The molecule has 172 valence electrons. The smallest absolute Gasteiger partial charge is 0.331 e. The number of nitrogens with one attached hydrogen (secondary N) is 1. The molecule has 0 atom stereocenters. The summed E-state index contributed by atoms with van der Waals surface area (Å²) in [6.45, 7) is 5.73. The molecule has 0 saturated carbocycles. The standard InChI is InChI=1S/C24H24ClN3O4S/c1-15-20(16(2)28(27-15)13-18-6-4-5-7-21(18)25)9-11-24(31)32-14-22(30)23-10-8-19(33-23)12-26-17(3)29/h4-11H,12-14H2,1-3H3,(H,26,29)/b11-9+. The summed E-state index contributed by atoms with van der Waals surface area (Å²) in [4.78, 5) is 36.7. The molecule has 0 radical (unpaired) electrons. The van der Waals surface area contributed by atoms with Crippen LogP contribution in [-0.4, -0.2) is 34.0 Å². The summed E-state index contributed by atoms with van der Waals surface area (Å²) in [5, 5.41) is 7.89. The van der Waals surface area contributed by atoms with Crippen molar-refractivity contribution in [2.75, 3.05) is 6.61 Å². The van der Waals surface area contributed by atoms with Crippen LogP contribution in [0.2, 0.25) is 5.02 Å². The molecule has 2 aromatic heterocycles. The third kappa shape index (κ3) is 6.63. The van der Waals surface area contributed by atoms with Crippen LogP contribution in [0.25, 0.3) is 6.08 Å². The minimum absolute atomic E-state index is 0.142. The van der Waals surface area contributed by atoms with E-state index in [4.69, 9.17) is 16.3 Å². The maximum Gasteiger partial charge on any atom is 0.331 e. The lowest BCUT2D eigenvalue weighted by Gasteiger charge is -2.06. The molecular weight excluding hydrogens is 462 g/mol. The minimum Gasteiger partial charge on any atom is -0.454 e. The van der Waals surface area contributed by atoms with E-state index in [-0.39, 0.29) is 18.3 Å². The van der Waals surface area contributed by atoms with Gasteiger partial charge in [0.15, 0.2) is 6.61 Å². The lowest BCUT2D eigenvalue weighted by molar-refractivity contribution is -0.136. The van der Waals surface area contributed by atoms with E-state index in [1.165, 1.54) is 24.3 Å². The quantitative estimate of drug-likeness (QED) is 0.276. The number of Topliss-reactive ketones (excluding diaryl/α,β-unsaturated/α-hetero) is 1. The zero-order valence-corrected chi connectivity index (χ0v) is 20.1. The van der Waals surface area contributed by atoms with Crippen LogP contribution in [0, 0.1) is 13.8 Å². The number of benzene rings is 1. The van der Waals surface area contributed by atoms with E-state index in [1.807, 2.05) is 42.8 Å². The first kappa shape index (κ1) is 24.4. The molecule has 0 aliphatic heterocycles. The van der Waals surface area contributed by atoms with E-state index in [9.17, 15) is 14.4 Å². The van der Waals surface area contributed by atoms with E-state index in [2.05, 4.69) is 10.4 Å². The van der Waals surface area contributed by atoms with Gasteiger partial charge in [-0.25, -0.2) is 4.79 Å². The zero-order chi connectivity index (χ0) is 24.0. The van der Waals surface area contributed by atoms with Crippen LogP contribution in [0.1, 0.15) is 44.0 Å². The number of hydrogen-bond acceptors (Lipinski definition) is 6. The number of halogens is 1. The van der Waals surface area contributed by atoms with E-state index >= 15 is 0 Å². The molecule has 9 heteroatoms. The normalized spacial score (nSPS) is 11.0. The predicted molar refractivity (Wildman–Crippen MR) is 128 cm³/mol. The summed E-state index contributed by atoms with van der Waals surface area (Å²) in [6.07, 6.45) is 2.94. The molecule has 0 saturated heterocycles. The number of thiophene rings is 1. The average Bonchev–Trinajstić information content (AvgIpc) is 3.35. The lowest BCUT2D eigenvalue weighted by Crippen LogP contribution is -2.18. The third-order valence-corrected chi connectivity index (χ3v) is 6.39. The van der Waals surface area contributed by atoms with Crippen molar-refractivity contribution in [3.8, 4) is 0 Å². The number of ketones is 1. The van der Waals surface area contributed by atoms with Crippen LogP contribution in [0.5, 0.6) is 0 Å². The maximum atomic E-state index is 12.3. The van der Waals surface area contributed by atoms with Crippen molar-refractivity contribution in [2.24, 2.45) is 0 Å². The Morgan fingerprint density at radius 1 is 1.18 bits per heavy atom. The molecule has 3 aromatic rings. The van der Waals surface area contributed by atoms with Crippen LogP contribution in [-0.2, 0) is 27.4 Å². The fourth-order valence-electron chi connectivity index (χ4n) is 3.14. The SMILES string of the molecule is CC(=O)NCc1ccc(C(=O)COC(=O)/C=C/c2c(C)nn(Cc3ccccc3Cl)c2C)s1. The predicted octanol–water partition coefficient (Wildman–Crippen LogP) is 4.34. The summed E-state index contributed by atoms with van der Waals surface area (Å²) >= 11 is 7.51. The Hall–Kier alpha value is -3.23. The second-order valence-electron chi connectivity index (χ2n) is 7.37. The summed E-state index contributed by atoms with van der Waals surface area (Å²) in [6, 6.07) is 11.0. The second kappa shape index (κ2) is 11.1. The zero-order valence-electron chi connectivity index (χ0n) is 18.6. The molecular formula is C24H24ClN3O4S. The number of esters is 1. The first-order chi connectivity index (χ1) is 15.7. The Bertz CT molecular complexity index is 1210. The Morgan fingerprint density at radius 3 is 2.67 bits per heavy atom. The van der Waals surface area contributed by atoms with Gasteiger partial charge in [0.2, 0.25) is 11.7 Å². The van der Waals surface area contributed by atoms with Crippen LogP contribution in [0.4, 0.5) is 0 Å². The monoisotopic (exact) mass is 485 g/mol. The highest BCUT2D eigenvalue weighted by Gasteiger charge is 2.13. The number of ether oxygens (including phenoxy) is 1. The highest BCUT2D eigenvalue weighted by molar-refractivity contribution is 7.14. The molecule has 0 aliphatic rings. The highest BCUT2D eigenvalue weighted by Crippen LogP contribution is 2.20. The second-order valence-corrected chi connectivity index (χ2v) is 8.95. The number of amides is 1. The van der Waals surface area contributed by atoms with Gasteiger partial charge >= 0.3 is 5.97 Å². The van der Waals surface area contributed by atoms with Crippen molar-refractivity contribution in [1.29, 1.82) is 0 Å². The summed E-state index contributed by atoms with van der Waals surface area (Å²) in [5.74, 6) is -1.05. The summed E-state index contributed by atoms with van der Waals surface area (Å²) < 4.78 is 6.94. The Balaban J connectivity index is 1.57. The molecule has 0 aliphatic carbocycles. The van der Waals surface area contributed by atoms with Crippen molar-refractivity contribution in [2.45, 2.75) is 33.9 Å². The Labute approximate surface area is 201 Å². The van der Waals surface area contributed by atoms with Crippen molar-refractivity contribution in [3.05, 3.63) is 79.8 Å². The van der Waals surface area contributed by atoms with Crippen LogP contribution >= 0.6 is 22.9 Å². The Morgan fingerprint density at radius 2 is 1.94 bits per heavy atom. The molecule has 7 nitrogen and oxygen atoms in total. The number of carbonyl (C=O) groups is 3. The lowest BCUT2D eigenvalue weighted by atomic mass is 10.1. The number of aryl methyl sites for hydroxylation is 1. The van der Waals surface area contributed by atoms with Gasteiger partial charge in [-0.2, -0.15) is 5.10 Å². The molecule has 0 fully saturated rings. The molecule has 33 heavy (non-hydrogen) atoms. The fraction of sp³-hybridized carbons (Fsp3) is 0.250. The van der Waals surface area contributed by atoms with Crippen LogP contribution in [0.15, 0.2) is 42.5 Å². The third-order valence-electron chi connectivity index (χ3n) is 4.90. The minimum atomic E-state index is -0.615. The van der Waals surface area contributed by atoms with Gasteiger partial charge in [-0.15, -0.1) is 11.3 Å². The van der Waals surface area contributed by atoms with E-state index in [0.717, 1.165) is 27.4 Å². The molecule has 0 spiro atoms. The summed E-state index contributed by atoms with van der Waals surface area (Å²) in [7, 11) is 0. The number of carbonyl (C=O) groups excluding carboxylic acids is 3. The largest absolute Gasteiger partial charge is 0.454 e. The van der Waals surface area contributed by atoms with Crippen molar-refractivity contribution >= 4 is 46.7 Å². The topological polar surface area (TPSA) is 90.3 Å². The number of aromatic nitrogens is 2. The van der Waals surface area contributed by atoms with Gasteiger partial charge in [0.25, 0.3) is 0 Å². The van der Waals surface area contributed by atoms with E-state index in [1.54, 1.807) is 18.2 Å². The van der Waals surface area contributed by atoms with Crippen molar-refractivity contribution < 1.29 is 19.1 Å². The molecule has 1 aromatic carbocycles.